The number of carbonyl (C=O) groups excluding carboxylic acids is 1. The summed E-state index contributed by atoms with van der Waals surface area (Å²) in [5.41, 5.74) is 2.31. The summed E-state index contributed by atoms with van der Waals surface area (Å²) >= 11 is 0. The van der Waals surface area contributed by atoms with Crippen LogP contribution in [-0.2, 0) is 24.3 Å². The van der Waals surface area contributed by atoms with Gasteiger partial charge in [-0.3, -0.25) is 4.79 Å². The molecule has 26 heavy (non-hydrogen) atoms. The first-order valence-electron chi connectivity index (χ1n) is 9.00. The van der Waals surface area contributed by atoms with Crippen molar-refractivity contribution in [2.24, 2.45) is 0 Å². The van der Waals surface area contributed by atoms with Gasteiger partial charge < -0.3 is 14.4 Å². The van der Waals surface area contributed by atoms with E-state index in [-0.39, 0.29) is 11.8 Å². The molecule has 0 saturated heterocycles. The van der Waals surface area contributed by atoms with Crippen LogP contribution in [-0.4, -0.2) is 51.8 Å². The highest BCUT2D eigenvalue weighted by atomic mass is 16.5. The fraction of sp³-hybridized carbons (Fsp3) is 0.556. The Kier molecular flexibility index (Phi) is 4.48. The summed E-state index contributed by atoms with van der Waals surface area (Å²) in [6, 6.07) is 3.99. The van der Waals surface area contributed by atoms with E-state index in [1.807, 2.05) is 17.0 Å². The van der Waals surface area contributed by atoms with Crippen molar-refractivity contribution in [2.45, 2.75) is 44.7 Å². The molecule has 0 spiro atoms. The molecule has 0 fully saturated rings. The number of ether oxygens (including phenoxy) is 2. The number of amides is 1. The number of rotatable bonds is 3. The van der Waals surface area contributed by atoms with Crippen molar-refractivity contribution in [1.82, 2.24) is 25.1 Å². The van der Waals surface area contributed by atoms with Gasteiger partial charge in [0, 0.05) is 19.6 Å². The molecule has 1 unspecified atom stereocenters. The van der Waals surface area contributed by atoms with Crippen LogP contribution in [0.4, 0.5) is 0 Å². The summed E-state index contributed by atoms with van der Waals surface area (Å²) in [6.45, 7) is 2.05. The van der Waals surface area contributed by atoms with E-state index in [4.69, 9.17) is 9.47 Å². The summed E-state index contributed by atoms with van der Waals surface area (Å²) in [5.74, 6) is 1.98. The van der Waals surface area contributed by atoms with E-state index in [1.165, 1.54) is 5.56 Å². The van der Waals surface area contributed by atoms with Crippen LogP contribution in [0, 0.1) is 0 Å². The van der Waals surface area contributed by atoms with Crippen LogP contribution < -0.4 is 9.47 Å². The van der Waals surface area contributed by atoms with Crippen LogP contribution in [0.2, 0.25) is 0 Å². The van der Waals surface area contributed by atoms with Crippen LogP contribution in [0.25, 0.3) is 0 Å². The lowest BCUT2D eigenvalue weighted by atomic mass is 9.95. The molecule has 1 aromatic heterocycles. The quantitative estimate of drug-likeness (QED) is 0.829. The molecule has 138 valence electrons. The summed E-state index contributed by atoms with van der Waals surface area (Å²) in [6.07, 6.45) is 3.60. The predicted octanol–water partition coefficient (Wildman–Crippen LogP) is 1.54. The Balaban J connectivity index is 1.58. The molecule has 0 saturated carbocycles. The number of tetrazole rings is 1. The number of aryl methyl sites for hydroxylation is 1. The number of fused-ring (bicyclic) bond motifs is 2. The second-order valence-electron chi connectivity index (χ2n) is 6.79. The van der Waals surface area contributed by atoms with Gasteiger partial charge in [0.05, 0.1) is 20.1 Å². The molecule has 3 heterocycles. The molecule has 2 aliphatic rings. The van der Waals surface area contributed by atoms with E-state index in [2.05, 4.69) is 15.5 Å². The lowest BCUT2D eigenvalue weighted by Crippen LogP contribution is -2.39. The first kappa shape index (κ1) is 16.8. The molecule has 4 rings (SSSR count). The molecule has 8 nitrogen and oxygen atoms in total. The van der Waals surface area contributed by atoms with Gasteiger partial charge in [-0.25, -0.2) is 4.68 Å². The van der Waals surface area contributed by atoms with Gasteiger partial charge in [-0.1, -0.05) is 6.42 Å². The van der Waals surface area contributed by atoms with Gasteiger partial charge in [0.15, 0.2) is 17.3 Å². The zero-order chi connectivity index (χ0) is 18.1. The fourth-order valence-electron chi connectivity index (χ4n) is 3.89. The van der Waals surface area contributed by atoms with Crippen LogP contribution in [0.5, 0.6) is 11.5 Å². The molecular formula is C18H23N5O3. The highest BCUT2D eigenvalue weighted by molar-refractivity contribution is 5.83. The van der Waals surface area contributed by atoms with Gasteiger partial charge in [-0.2, -0.15) is 0 Å². The first-order chi connectivity index (χ1) is 12.7. The molecule has 2 aliphatic heterocycles. The highest BCUT2D eigenvalue weighted by Gasteiger charge is 2.33. The Morgan fingerprint density at radius 3 is 2.65 bits per heavy atom. The third kappa shape index (κ3) is 2.89. The number of methoxy groups -OCH3 is 2. The predicted molar refractivity (Wildman–Crippen MR) is 93.1 cm³/mol. The van der Waals surface area contributed by atoms with Crippen molar-refractivity contribution in [3.8, 4) is 11.5 Å². The van der Waals surface area contributed by atoms with Gasteiger partial charge >= 0.3 is 0 Å². The molecule has 1 amide bonds. The fourth-order valence-corrected chi connectivity index (χ4v) is 3.89. The third-order valence-corrected chi connectivity index (χ3v) is 5.31. The van der Waals surface area contributed by atoms with E-state index < -0.39 is 0 Å². The Hall–Kier alpha value is -2.64. The number of hydrogen-bond acceptors (Lipinski definition) is 6. The summed E-state index contributed by atoms with van der Waals surface area (Å²) in [5, 5.41) is 11.9. The van der Waals surface area contributed by atoms with Crippen LogP contribution in [0.3, 0.4) is 0 Å². The largest absolute Gasteiger partial charge is 0.493 e. The molecule has 8 heteroatoms. The topological polar surface area (TPSA) is 82.4 Å². The Morgan fingerprint density at radius 1 is 1.12 bits per heavy atom. The minimum Gasteiger partial charge on any atom is -0.493 e. The van der Waals surface area contributed by atoms with Crippen molar-refractivity contribution >= 4 is 5.91 Å². The van der Waals surface area contributed by atoms with E-state index >= 15 is 0 Å². The molecule has 0 N–H and O–H groups in total. The van der Waals surface area contributed by atoms with Crippen molar-refractivity contribution < 1.29 is 14.3 Å². The maximum absolute atomic E-state index is 13.2. The molecule has 1 atom stereocenters. The Morgan fingerprint density at radius 2 is 1.88 bits per heavy atom. The number of nitrogens with zero attached hydrogens (tertiary/aromatic N) is 5. The maximum Gasteiger partial charge on any atom is 0.233 e. The number of hydrogen-bond donors (Lipinski definition) is 0. The van der Waals surface area contributed by atoms with E-state index in [0.29, 0.717) is 24.7 Å². The zero-order valence-corrected chi connectivity index (χ0v) is 15.1. The van der Waals surface area contributed by atoms with Crippen molar-refractivity contribution in [3.63, 3.8) is 0 Å². The molecule has 2 aromatic rings. The molecule has 0 radical (unpaired) electrons. The van der Waals surface area contributed by atoms with Gasteiger partial charge in [0.25, 0.3) is 0 Å². The average Bonchev–Trinajstić information content (AvgIpc) is 3.05. The lowest BCUT2D eigenvalue weighted by Gasteiger charge is -2.31. The first-order valence-corrected chi connectivity index (χ1v) is 9.00. The summed E-state index contributed by atoms with van der Waals surface area (Å²) in [4.78, 5) is 15.1. The maximum atomic E-state index is 13.2. The van der Waals surface area contributed by atoms with Crippen molar-refractivity contribution in [3.05, 3.63) is 29.1 Å². The third-order valence-electron chi connectivity index (χ3n) is 5.31. The van der Waals surface area contributed by atoms with Gasteiger partial charge in [-0.15, -0.1) is 5.10 Å². The van der Waals surface area contributed by atoms with E-state index in [9.17, 15) is 4.79 Å². The summed E-state index contributed by atoms with van der Waals surface area (Å²) < 4.78 is 12.6. The highest BCUT2D eigenvalue weighted by Crippen LogP contribution is 2.34. The SMILES string of the molecule is COc1cc2c(cc1OC)CN(C(=O)C1CCCCn3nnnc31)CC2. The van der Waals surface area contributed by atoms with E-state index in [1.54, 1.807) is 18.9 Å². The Labute approximate surface area is 152 Å². The molecule has 0 bridgehead atoms. The summed E-state index contributed by atoms with van der Waals surface area (Å²) in [7, 11) is 3.26. The van der Waals surface area contributed by atoms with Gasteiger partial charge in [0.1, 0.15) is 0 Å². The van der Waals surface area contributed by atoms with Crippen molar-refractivity contribution in [2.75, 3.05) is 20.8 Å². The minimum atomic E-state index is -0.255. The Bertz CT molecular complexity index is 819. The molecule has 0 aliphatic carbocycles. The monoisotopic (exact) mass is 357 g/mol. The van der Waals surface area contributed by atoms with Gasteiger partial charge in [-0.05, 0) is 52.9 Å². The normalized spacial score (nSPS) is 19.3. The minimum absolute atomic E-state index is 0.114. The van der Waals surface area contributed by atoms with Crippen LogP contribution in [0.15, 0.2) is 12.1 Å². The van der Waals surface area contributed by atoms with E-state index in [0.717, 1.165) is 43.5 Å². The second kappa shape index (κ2) is 6.93. The zero-order valence-electron chi connectivity index (χ0n) is 15.1. The average molecular weight is 357 g/mol. The standard InChI is InChI=1S/C18H23N5O3/c1-25-15-9-12-6-8-22(11-13(12)10-16(15)26-2)18(24)14-5-3-4-7-23-17(14)19-20-21-23/h9-10,14H,3-8,11H2,1-2H3. The number of carbonyl (C=O) groups is 1. The van der Waals surface area contributed by atoms with Crippen LogP contribution in [0.1, 0.15) is 42.1 Å². The molecule has 1 aromatic carbocycles. The van der Waals surface area contributed by atoms with Gasteiger partial charge in [0.2, 0.25) is 5.91 Å². The van der Waals surface area contributed by atoms with Crippen molar-refractivity contribution in [1.29, 1.82) is 0 Å². The molecular weight excluding hydrogens is 334 g/mol. The lowest BCUT2D eigenvalue weighted by molar-refractivity contribution is -0.134. The second-order valence-corrected chi connectivity index (χ2v) is 6.79. The smallest absolute Gasteiger partial charge is 0.233 e. The van der Waals surface area contributed by atoms with Crippen LogP contribution >= 0.6 is 0 Å². The number of benzene rings is 1. The number of aromatic nitrogens is 4.